The quantitative estimate of drug-likeness (QED) is 0.261. The summed E-state index contributed by atoms with van der Waals surface area (Å²) in [5.41, 5.74) is 0.724. The number of halogens is 2. The van der Waals surface area contributed by atoms with E-state index in [1.54, 1.807) is 45.0 Å². The number of ether oxygens (including phenoxy) is 3. The minimum atomic E-state index is -0.717. The van der Waals surface area contributed by atoms with Gasteiger partial charge in [-0.1, -0.05) is 45.7 Å². The summed E-state index contributed by atoms with van der Waals surface area (Å²) in [6.45, 7) is 7.20. The van der Waals surface area contributed by atoms with Gasteiger partial charge in [0.15, 0.2) is 11.5 Å². The van der Waals surface area contributed by atoms with E-state index in [-0.39, 0.29) is 11.5 Å². The summed E-state index contributed by atoms with van der Waals surface area (Å²) < 4.78 is 17.6. The molecule has 0 unspecified atom stereocenters. The molecule has 2 aromatic rings. The van der Waals surface area contributed by atoms with E-state index in [2.05, 4.69) is 15.9 Å². The average molecular weight is 583 g/mol. The molecule has 0 spiro atoms. The molecule has 0 N–H and O–H groups in total. The van der Waals surface area contributed by atoms with Crippen molar-refractivity contribution in [3.63, 3.8) is 0 Å². The van der Waals surface area contributed by atoms with Crippen LogP contribution in [0.5, 0.6) is 11.5 Å². The molecule has 0 radical (unpaired) electrons. The Kier molecular flexibility index (Phi) is 8.90. The SMILES string of the molecule is CCOc1cc(C=C2SC(=O)N(CC(=O)OC(C)(C)C)C2=O)c(Br)cc1OCc1ccccc1Cl. The number of carbonyl (C=O) groups excluding carboxylic acids is 3. The lowest BCUT2D eigenvalue weighted by Gasteiger charge is -2.21. The van der Waals surface area contributed by atoms with Crippen LogP contribution in [0.2, 0.25) is 5.02 Å². The van der Waals surface area contributed by atoms with E-state index < -0.39 is 29.3 Å². The molecule has 2 amide bonds. The van der Waals surface area contributed by atoms with Gasteiger partial charge in [-0.05, 0) is 69.3 Å². The van der Waals surface area contributed by atoms with Crippen molar-refractivity contribution in [2.45, 2.75) is 39.9 Å². The number of esters is 1. The molecule has 0 aromatic heterocycles. The second-order valence-corrected chi connectivity index (χ2v) is 10.7. The number of nitrogens with zero attached hydrogens (tertiary/aromatic N) is 1. The Morgan fingerprint density at radius 1 is 1.14 bits per heavy atom. The summed E-state index contributed by atoms with van der Waals surface area (Å²) in [6.07, 6.45) is 1.57. The smallest absolute Gasteiger partial charge is 0.326 e. The lowest BCUT2D eigenvalue weighted by molar-refractivity contribution is -0.156. The van der Waals surface area contributed by atoms with E-state index >= 15 is 0 Å². The summed E-state index contributed by atoms with van der Waals surface area (Å²) in [4.78, 5) is 38.4. The minimum absolute atomic E-state index is 0.187. The maximum absolute atomic E-state index is 12.8. The van der Waals surface area contributed by atoms with Gasteiger partial charge in [0.1, 0.15) is 18.8 Å². The van der Waals surface area contributed by atoms with Gasteiger partial charge < -0.3 is 14.2 Å². The normalized spacial score (nSPS) is 15.0. The van der Waals surface area contributed by atoms with Crippen LogP contribution in [-0.2, 0) is 20.9 Å². The number of imide groups is 1. The molecule has 3 rings (SSSR count). The van der Waals surface area contributed by atoms with Crippen LogP contribution in [-0.4, -0.2) is 40.8 Å². The zero-order valence-electron chi connectivity index (χ0n) is 19.7. The number of hydrogen-bond donors (Lipinski definition) is 0. The molecule has 186 valence electrons. The Morgan fingerprint density at radius 2 is 1.83 bits per heavy atom. The number of rotatable bonds is 8. The van der Waals surface area contributed by atoms with Crippen molar-refractivity contribution in [1.82, 2.24) is 4.90 Å². The molecule has 7 nitrogen and oxygen atoms in total. The third kappa shape index (κ3) is 7.25. The highest BCUT2D eigenvalue weighted by atomic mass is 79.9. The highest BCUT2D eigenvalue weighted by molar-refractivity contribution is 9.10. The predicted octanol–water partition coefficient (Wildman–Crippen LogP) is 6.46. The fraction of sp³-hybridized carbons (Fsp3) is 0.320. The van der Waals surface area contributed by atoms with Gasteiger partial charge in [0, 0.05) is 15.1 Å². The third-order valence-corrected chi connectivity index (χ3v) is 6.53. The standard InChI is InChI=1S/C25H25BrClNO6S/c1-5-32-19-10-16(17(26)12-20(19)33-14-15-8-6-7-9-18(15)27)11-21-23(30)28(24(31)35-21)13-22(29)34-25(2,3)4/h6-12H,5,13-14H2,1-4H3. The largest absolute Gasteiger partial charge is 0.490 e. The molecule has 1 heterocycles. The molecule has 0 bridgehead atoms. The van der Waals surface area contributed by atoms with Gasteiger partial charge in [-0.3, -0.25) is 19.3 Å². The maximum Gasteiger partial charge on any atom is 0.326 e. The fourth-order valence-corrected chi connectivity index (χ4v) is 4.55. The van der Waals surface area contributed by atoms with Gasteiger partial charge in [-0.15, -0.1) is 0 Å². The molecule has 1 saturated heterocycles. The first-order valence-electron chi connectivity index (χ1n) is 10.8. The highest BCUT2D eigenvalue weighted by Gasteiger charge is 2.37. The summed E-state index contributed by atoms with van der Waals surface area (Å²) in [5.74, 6) is -0.244. The Morgan fingerprint density at radius 3 is 2.49 bits per heavy atom. The Hall–Kier alpha value is -2.49. The van der Waals surface area contributed by atoms with Crippen LogP contribution in [0.15, 0.2) is 45.8 Å². The Balaban J connectivity index is 1.81. The van der Waals surface area contributed by atoms with Crippen molar-refractivity contribution < 1.29 is 28.6 Å². The van der Waals surface area contributed by atoms with Crippen LogP contribution in [0.4, 0.5) is 4.79 Å². The summed E-state index contributed by atoms with van der Waals surface area (Å²) in [6, 6.07) is 10.8. The van der Waals surface area contributed by atoms with Gasteiger partial charge in [0.25, 0.3) is 11.1 Å². The van der Waals surface area contributed by atoms with E-state index in [4.69, 9.17) is 25.8 Å². The van der Waals surface area contributed by atoms with E-state index in [9.17, 15) is 14.4 Å². The topological polar surface area (TPSA) is 82.1 Å². The van der Waals surface area contributed by atoms with Crippen LogP contribution >= 0.6 is 39.3 Å². The molecular formula is C25H25BrClNO6S. The second-order valence-electron chi connectivity index (χ2n) is 8.49. The third-order valence-electron chi connectivity index (χ3n) is 4.57. The predicted molar refractivity (Wildman–Crippen MR) is 140 cm³/mol. The van der Waals surface area contributed by atoms with Crippen molar-refractivity contribution in [3.8, 4) is 11.5 Å². The molecule has 1 aliphatic heterocycles. The van der Waals surface area contributed by atoms with Crippen molar-refractivity contribution in [3.05, 3.63) is 61.9 Å². The second kappa shape index (κ2) is 11.5. The lowest BCUT2D eigenvalue weighted by Crippen LogP contribution is -2.37. The number of carbonyl (C=O) groups is 3. The molecule has 2 aromatic carbocycles. The Bertz CT molecular complexity index is 1180. The monoisotopic (exact) mass is 581 g/mol. The number of amides is 2. The van der Waals surface area contributed by atoms with E-state index in [1.807, 2.05) is 25.1 Å². The first-order valence-corrected chi connectivity index (χ1v) is 12.8. The van der Waals surface area contributed by atoms with Gasteiger partial charge in [0.2, 0.25) is 0 Å². The number of hydrogen-bond acceptors (Lipinski definition) is 7. The van der Waals surface area contributed by atoms with Crippen molar-refractivity contribution in [2.75, 3.05) is 13.2 Å². The van der Waals surface area contributed by atoms with Crippen LogP contribution in [0.25, 0.3) is 6.08 Å². The molecule has 35 heavy (non-hydrogen) atoms. The molecule has 1 fully saturated rings. The molecule has 0 aliphatic carbocycles. The molecule has 0 atom stereocenters. The van der Waals surface area contributed by atoms with Gasteiger partial charge in [-0.25, -0.2) is 0 Å². The zero-order valence-corrected chi connectivity index (χ0v) is 22.9. The van der Waals surface area contributed by atoms with Crippen molar-refractivity contribution in [1.29, 1.82) is 0 Å². The summed E-state index contributed by atoms with van der Waals surface area (Å²) in [5, 5.41) is 0.0659. The summed E-state index contributed by atoms with van der Waals surface area (Å²) >= 11 is 10.5. The first-order chi connectivity index (χ1) is 16.5. The van der Waals surface area contributed by atoms with Crippen molar-refractivity contribution in [2.24, 2.45) is 0 Å². The van der Waals surface area contributed by atoms with Crippen LogP contribution in [0.1, 0.15) is 38.8 Å². The van der Waals surface area contributed by atoms with Gasteiger partial charge in [-0.2, -0.15) is 0 Å². The Labute approximate surface area is 221 Å². The minimum Gasteiger partial charge on any atom is -0.490 e. The summed E-state index contributed by atoms with van der Waals surface area (Å²) in [7, 11) is 0. The van der Waals surface area contributed by atoms with Gasteiger partial charge >= 0.3 is 5.97 Å². The van der Waals surface area contributed by atoms with Crippen LogP contribution in [0, 0.1) is 0 Å². The zero-order chi connectivity index (χ0) is 25.8. The lowest BCUT2D eigenvalue weighted by atomic mass is 10.1. The van der Waals surface area contributed by atoms with Crippen LogP contribution in [0.3, 0.4) is 0 Å². The fourth-order valence-electron chi connectivity index (χ4n) is 3.09. The van der Waals surface area contributed by atoms with E-state index in [1.165, 1.54) is 0 Å². The van der Waals surface area contributed by atoms with E-state index in [0.717, 1.165) is 22.2 Å². The molecule has 0 saturated carbocycles. The first kappa shape index (κ1) is 27.1. The van der Waals surface area contributed by atoms with Crippen molar-refractivity contribution >= 4 is 62.5 Å². The average Bonchev–Trinajstić information content (AvgIpc) is 3.02. The van der Waals surface area contributed by atoms with Crippen LogP contribution < -0.4 is 9.47 Å². The molecule has 10 heteroatoms. The van der Waals surface area contributed by atoms with E-state index in [0.29, 0.717) is 33.2 Å². The maximum atomic E-state index is 12.8. The molecular weight excluding hydrogens is 558 g/mol. The highest BCUT2D eigenvalue weighted by Crippen LogP contribution is 2.38. The molecule has 1 aliphatic rings. The number of benzene rings is 2. The number of thioether (sulfide) groups is 1. The van der Waals surface area contributed by atoms with Gasteiger partial charge in [0.05, 0.1) is 11.5 Å².